The Bertz CT molecular complexity index is 407. The third-order valence-corrected chi connectivity index (χ3v) is 4.14. The van der Waals surface area contributed by atoms with Gasteiger partial charge in [-0.05, 0) is 37.3 Å². The van der Waals surface area contributed by atoms with Crippen LogP contribution in [0.25, 0.3) is 0 Å². The lowest BCUT2D eigenvalue weighted by molar-refractivity contribution is 0.0360. The maximum Gasteiger partial charge on any atom is 0.0900 e. The SMILES string of the molecule is COCC(O)CN1CC(c2ccccc2C)CC1C. The highest BCUT2D eigenvalue weighted by atomic mass is 16.5. The fourth-order valence-electron chi connectivity index (χ4n) is 3.14. The number of aryl methyl sites for hydroxylation is 1. The van der Waals surface area contributed by atoms with Crippen molar-refractivity contribution in [2.45, 2.75) is 38.3 Å². The highest BCUT2D eigenvalue weighted by molar-refractivity contribution is 5.30. The van der Waals surface area contributed by atoms with Gasteiger partial charge in [-0.1, -0.05) is 24.3 Å². The summed E-state index contributed by atoms with van der Waals surface area (Å²) >= 11 is 0. The predicted molar refractivity (Wildman–Crippen MR) is 77.5 cm³/mol. The van der Waals surface area contributed by atoms with Crippen molar-refractivity contribution < 1.29 is 9.84 Å². The topological polar surface area (TPSA) is 32.7 Å². The zero-order chi connectivity index (χ0) is 13.8. The van der Waals surface area contributed by atoms with E-state index in [1.807, 2.05) is 0 Å². The lowest BCUT2D eigenvalue weighted by Crippen LogP contribution is -2.36. The summed E-state index contributed by atoms with van der Waals surface area (Å²) in [6, 6.07) is 9.16. The molecule has 3 unspecified atom stereocenters. The Morgan fingerprint density at radius 1 is 1.42 bits per heavy atom. The van der Waals surface area contributed by atoms with Crippen molar-refractivity contribution in [1.82, 2.24) is 4.90 Å². The van der Waals surface area contributed by atoms with E-state index in [0.717, 1.165) is 6.54 Å². The number of hydrogen-bond acceptors (Lipinski definition) is 3. The van der Waals surface area contributed by atoms with Crippen LogP contribution in [0.1, 0.15) is 30.4 Å². The molecule has 0 saturated carbocycles. The normalized spacial score (nSPS) is 25.7. The van der Waals surface area contributed by atoms with Crippen LogP contribution < -0.4 is 0 Å². The summed E-state index contributed by atoms with van der Waals surface area (Å²) in [7, 11) is 1.63. The van der Waals surface area contributed by atoms with Gasteiger partial charge in [-0.15, -0.1) is 0 Å². The van der Waals surface area contributed by atoms with Gasteiger partial charge in [0.05, 0.1) is 12.7 Å². The summed E-state index contributed by atoms with van der Waals surface area (Å²) in [5, 5.41) is 9.87. The van der Waals surface area contributed by atoms with Crippen LogP contribution in [0, 0.1) is 6.92 Å². The van der Waals surface area contributed by atoms with Crippen LogP contribution in [0.3, 0.4) is 0 Å². The average molecular weight is 263 g/mol. The van der Waals surface area contributed by atoms with Gasteiger partial charge in [-0.3, -0.25) is 4.90 Å². The third kappa shape index (κ3) is 3.56. The first-order valence-corrected chi connectivity index (χ1v) is 7.08. The highest BCUT2D eigenvalue weighted by Gasteiger charge is 2.31. The maximum atomic E-state index is 9.87. The van der Waals surface area contributed by atoms with Crippen molar-refractivity contribution in [2.75, 3.05) is 26.8 Å². The Labute approximate surface area is 116 Å². The number of ether oxygens (including phenoxy) is 1. The predicted octanol–water partition coefficient (Wildman–Crippen LogP) is 2.18. The number of nitrogens with zero attached hydrogens (tertiary/aromatic N) is 1. The molecule has 3 atom stereocenters. The minimum Gasteiger partial charge on any atom is -0.389 e. The largest absolute Gasteiger partial charge is 0.389 e. The third-order valence-electron chi connectivity index (χ3n) is 4.14. The summed E-state index contributed by atoms with van der Waals surface area (Å²) in [6.45, 7) is 6.59. The first-order valence-electron chi connectivity index (χ1n) is 7.08. The van der Waals surface area contributed by atoms with Gasteiger partial charge >= 0.3 is 0 Å². The van der Waals surface area contributed by atoms with Crippen LogP contribution in [-0.4, -0.2) is 49.0 Å². The Balaban J connectivity index is 1.99. The van der Waals surface area contributed by atoms with E-state index >= 15 is 0 Å². The van der Waals surface area contributed by atoms with Crippen LogP contribution in [0.4, 0.5) is 0 Å². The number of methoxy groups -OCH3 is 1. The minimum absolute atomic E-state index is 0.386. The standard InChI is InChI=1S/C16H25NO2/c1-12-6-4-5-7-16(12)14-8-13(2)17(9-14)10-15(18)11-19-3/h4-7,13-15,18H,8-11H2,1-3H3. The van der Waals surface area contributed by atoms with E-state index in [1.54, 1.807) is 7.11 Å². The molecule has 0 spiro atoms. The second-order valence-electron chi connectivity index (χ2n) is 5.70. The van der Waals surface area contributed by atoms with Gasteiger partial charge in [-0.2, -0.15) is 0 Å². The second kappa shape index (κ2) is 6.51. The number of benzene rings is 1. The monoisotopic (exact) mass is 263 g/mol. The summed E-state index contributed by atoms with van der Waals surface area (Å²) in [6.07, 6.45) is 0.785. The molecule has 2 rings (SSSR count). The number of likely N-dealkylation sites (tertiary alicyclic amines) is 1. The number of aliphatic hydroxyl groups excluding tert-OH is 1. The molecule has 19 heavy (non-hydrogen) atoms. The van der Waals surface area contributed by atoms with Crippen LogP contribution in [0.15, 0.2) is 24.3 Å². The lowest BCUT2D eigenvalue weighted by atomic mass is 9.93. The van der Waals surface area contributed by atoms with Crippen LogP contribution in [0.5, 0.6) is 0 Å². The van der Waals surface area contributed by atoms with Crippen molar-refractivity contribution in [1.29, 1.82) is 0 Å². The summed E-state index contributed by atoms with van der Waals surface area (Å²) in [4.78, 5) is 2.38. The first-order chi connectivity index (χ1) is 9.11. The number of β-amino-alcohol motifs (C(OH)–C–C–N with tert-alkyl or cyclic N) is 1. The van der Waals surface area contributed by atoms with E-state index in [1.165, 1.54) is 17.5 Å². The van der Waals surface area contributed by atoms with Crippen molar-refractivity contribution >= 4 is 0 Å². The van der Waals surface area contributed by atoms with Gasteiger partial charge in [0.1, 0.15) is 0 Å². The Hall–Kier alpha value is -0.900. The molecule has 3 heteroatoms. The number of rotatable bonds is 5. The molecule has 3 nitrogen and oxygen atoms in total. The molecule has 106 valence electrons. The fraction of sp³-hybridized carbons (Fsp3) is 0.625. The minimum atomic E-state index is -0.386. The Kier molecular flexibility index (Phi) is 4.97. The highest BCUT2D eigenvalue weighted by Crippen LogP contribution is 2.33. The zero-order valence-corrected chi connectivity index (χ0v) is 12.2. The average Bonchev–Trinajstić information content (AvgIpc) is 2.71. The van der Waals surface area contributed by atoms with Gasteiger partial charge in [0.15, 0.2) is 0 Å². The van der Waals surface area contributed by atoms with Gasteiger partial charge in [-0.25, -0.2) is 0 Å². The summed E-state index contributed by atoms with van der Waals surface area (Å²) < 4.78 is 5.00. The van der Waals surface area contributed by atoms with Crippen molar-refractivity contribution in [2.24, 2.45) is 0 Å². The molecule has 1 heterocycles. The van der Waals surface area contributed by atoms with Gasteiger partial charge in [0, 0.05) is 26.2 Å². The van der Waals surface area contributed by atoms with E-state index in [0.29, 0.717) is 25.1 Å². The lowest BCUT2D eigenvalue weighted by Gasteiger charge is -2.23. The van der Waals surface area contributed by atoms with Crippen molar-refractivity contribution in [3.8, 4) is 0 Å². The van der Waals surface area contributed by atoms with Crippen LogP contribution in [0.2, 0.25) is 0 Å². The van der Waals surface area contributed by atoms with E-state index < -0.39 is 0 Å². The van der Waals surface area contributed by atoms with Gasteiger partial charge < -0.3 is 9.84 Å². The molecule has 1 N–H and O–H groups in total. The first kappa shape index (κ1) is 14.5. The molecule has 0 radical (unpaired) electrons. The number of hydrogen-bond donors (Lipinski definition) is 1. The molecule has 1 aromatic carbocycles. The van der Waals surface area contributed by atoms with Crippen LogP contribution >= 0.6 is 0 Å². The number of aliphatic hydroxyl groups is 1. The fourth-order valence-corrected chi connectivity index (χ4v) is 3.14. The molecule has 1 fully saturated rings. The molecular weight excluding hydrogens is 238 g/mol. The van der Waals surface area contributed by atoms with Crippen LogP contribution in [-0.2, 0) is 4.74 Å². The quantitative estimate of drug-likeness (QED) is 0.884. The van der Waals surface area contributed by atoms with Crippen molar-refractivity contribution in [3.63, 3.8) is 0 Å². The maximum absolute atomic E-state index is 9.87. The van der Waals surface area contributed by atoms with Crippen molar-refractivity contribution in [3.05, 3.63) is 35.4 Å². The van der Waals surface area contributed by atoms with E-state index in [4.69, 9.17) is 4.74 Å². The Morgan fingerprint density at radius 2 is 2.16 bits per heavy atom. The molecular formula is C16H25NO2. The van der Waals surface area contributed by atoms with Gasteiger partial charge in [0.25, 0.3) is 0 Å². The molecule has 0 aromatic heterocycles. The second-order valence-corrected chi connectivity index (χ2v) is 5.70. The molecule has 1 aliphatic rings. The smallest absolute Gasteiger partial charge is 0.0900 e. The molecule has 1 aliphatic heterocycles. The summed E-state index contributed by atoms with van der Waals surface area (Å²) in [5.74, 6) is 0.589. The molecule has 0 aliphatic carbocycles. The zero-order valence-electron chi connectivity index (χ0n) is 12.2. The Morgan fingerprint density at radius 3 is 2.84 bits per heavy atom. The van der Waals surface area contributed by atoms with E-state index in [2.05, 4.69) is 43.0 Å². The molecule has 0 bridgehead atoms. The van der Waals surface area contributed by atoms with E-state index in [-0.39, 0.29) is 6.10 Å². The molecule has 1 aromatic rings. The molecule has 1 saturated heterocycles. The van der Waals surface area contributed by atoms with E-state index in [9.17, 15) is 5.11 Å². The summed E-state index contributed by atoms with van der Waals surface area (Å²) in [5.41, 5.74) is 2.83. The van der Waals surface area contributed by atoms with Gasteiger partial charge in [0.2, 0.25) is 0 Å². The molecule has 0 amide bonds.